The first-order valence-electron chi connectivity index (χ1n) is 19.3. The van der Waals surface area contributed by atoms with E-state index in [1.165, 1.54) is 6.92 Å². The third-order valence-electron chi connectivity index (χ3n) is 12.3. The van der Waals surface area contributed by atoms with Crippen molar-refractivity contribution >= 4 is 23.5 Å². The second-order valence-electron chi connectivity index (χ2n) is 18.8. The number of esters is 2. The smallest absolute Gasteiger partial charge is 0.309 e. The zero-order valence-corrected chi connectivity index (χ0v) is 34.5. The van der Waals surface area contributed by atoms with Gasteiger partial charge in [-0.25, -0.2) is 0 Å². The van der Waals surface area contributed by atoms with Gasteiger partial charge in [0.25, 0.3) is 0 Å². The number of piperidine rings is 2. The third-order valence-corrected chi connectivity index (χ3v) is 12.3. The fraction of sp³-hybridized carbons (Fsp3) is 0.900. The van der Waals surface area contributed by atoms with Gasteiger partial charge in [0.05, 0.1) is 56.7 Å². The molecule has 2 atom stereocenters. The number of hydrogen-bond donors (Lipinski definition) is 0. The van der Waals surface area contributed by atoms with Crippen LogP contribution in [0.4, 0.5) is 0 Å². The Bertz CT molecular complexity index is 1260. The number of carbonyl (C=O) groups is 4. The highest BCUT2D eigenvalue weighted by Crippen LogP contribution is 2.41. The fourth-order valence-electron chi connectivity index (χ4n) is 8.78. The molecule has 4 aliphatic rings. The zero-order valence-electron chi connectivity index (χ0n) is 34.5. The van der Waals surface area contributed by atoms with Crippen LogP contribution in [0.5, 0.6) is 0 Å². The van der Waals surface area contributed by atoms with Crippen molar-refractivity contribution in [1.29, 1.82) is 0 Å². The van der Waals surface area contributed by atoms with E-state index in [9.17, 15) is 19.2 Å². The Morgan fingerprint density at radius 1 is 0.642 bits per heavy atom. The summed E-state index contributed by atoms with van der Waals surface area (Å²) in [5.74, 6) is -3.42. The molecular formula is C40H68N2O11. The summed E-state index contributed by atoms with van der Waals surface area (Å²) in [6, 6.07) is 0. The average molecular weight is 753 g/mol. The number of Topliss-reactive ketones (excluding diaryl/α,β-unsaturated/α-hetero) is 2. The molecular weight excluding hydrogens is 684 g/mol. The summed E-state index contributed by atoms with van der Waals surface area (Å²) < 4.78 is 40.9. The van der Waals surface area contributed by atoms with E-state index in [4.69, 9.17) is 33.2 Å². The lowest BCUT2D eigenvalue weighted by atomic mass is 9.78. The van der Waals surface area contributed by atoms with Crippen LogP contribution in [0.1, 0.15) is 114 Å². The maximum atomic E-state index is 14.1. The minimum Gasteiger partial charge on any atom is -0.462 e. The number of likely N-dealkylation sites (tertiary alicyclic amines) is 2. The van der Waals surface area contributed by atoms with Crippen LogP contribution in [0.2, 0.25) is 0 Å². The number of carbonyl (C=O) groups excluding carboxylic acids is 4. The number of ketones is 2. The fourth-order valence-corrected chi connectivity index (χ4v) is 8.78. The van der Waals surface area contributed by atoms with Crippen molar-refractivity contribution in [3.63, 3.8) is 0 Å². The molecule has 2 unspecified atom stereocenters. The Labute approximate surface area is 317 Å². The molecule has 4 saturated heterocycles. The van der Waals surface area contributed by atoms with Crippen LogP contribution in [0.15, 0.2) is 0 Å². The van der Waals surface area contributed by atoms with Crippen molar-refractivity contribution in [3.05, 3.63) is 0 Å². The highest BCUT2D eigenvalue weighted by atomic mass is 16.7. The van der Waals surface area contributed by atoms with E-state index in [0.29, 0.717) is 45.5 Å². The van der Waals surface area contributed by atoms with E-state index in [-0.39, 0.29) is 84.8 Å². The van der Waals surface area contributed by atoms with Crippen molar-refractivity contribution in [2.24, 2.45) is 17.3 Å². The second kappa shape index (κ2) is 17.0. The molecule has 0 amide bonds. The molecule has 0 aliphatic carbocycles. The predicted octanol–water partition coefficient (Wildman–Crippen LogP) is 4.71. The summed E-state index contributed by atoms with van der Waals surface area (Å²) in [6.45, 7) is 20.1. The van der Waals surface area contributed by atoms with E-state index in [1.807, 2.05) is 0 Å². The van der Waals surface area contributed by atoms with E-state index in [0.717, 1.165) is 0 Å². The number of ether oxygens (including phenoxy) is 7. The lowest BCUT2D eigenvalue weighted by molar-refractivity contribution is -0.307. The molecule has 0 aromatic heterocycles. The van der Waals surface area contributed by atoms with Gasteiger partial charge in [0.2, 0.25) is 0 Å². The molecule has 4 aliphatic heterocycles. The summed E-state index contributed by atoms with van der Waals surface area (Å²) >= 11 is 0. The molecule has 13 nitrogen and oxygen atoms in total. The molecule has 304 valence electrons. The van der Waals surface area contributed by atoms with Crippen molar-refractivity contribution in [2.75, 3.05) is 54.2 Å². The van der Waals surface area contributed by atoms with E-state index < -0.39 is 41.8 Å². The molecule has 0 aromatic carbocycles. The Morgan fingerprint density at radius 2 is 1.02 bits per heavy atom. The van der Waals surface area contributed by atoms with Crippen LogP contribution >= 0.6 is 0 Å². The van der Waals surface area contributed by atoms with Crippen molar-refractivity contribution < 1.29 is 52.3 Å². The summed E-state index contributed by atoms with van der Waals surface area (Å²) in [5, 5.41) is 0. The predicted molar refractivity (Wildman–Crippen MR) is 197 cm³/mol. The summed E-state index contributed by atoms with van der Waals surface area (Å²) in [6.07, 6.45) is 0.0964. The Kier molecular flexibility index (Phi) is 14.0. The summed E-state index contributed by atoms with van der Waals surface area (Å²) in [4.78, 5) is 58.9. The van der Waals surface area contributed by atoms with Gasteiger partial charge in [-0.05, 0) is 82.8 Å². The SMILES string of the molecule is COCC1OCC2(CO1)COC(CC(=O)CC(CC(CC(C)=O)C(=O)OC1CC(C)(C)N(C)C(C)(C)C1)C(=O)OC1CC(C)(C)N(C)C(C)(C)C1)OC2. The Balaban J connectivity index is 1.47. The van der Waals surface area contributed by atoms with Gasteiger partial charge >= 0.3 is 11.9 Å². The molecule has 13 heteroatoms. The van der Waals surface area contributed by atoms with Crippen molar-refractivity contribution in [3.8, 4) is 0 Å². The monoisotopic (exact) mass is 752 g/mol. The molecule has 4 rings (SSSR count). The van der Waals surface area contributed by atoms with Gasteiger partial charge < -0.3 is 38.0 Å². The van der Waals surface area contributed by atoms with Crippen molar-refractivity contribution in [2.45, 2.75) is 161 Å². The van der Waals surface area contributed by atoms with Gasteiger partial charge in [-0.3, -0.25) is 24.2 Å². The van der Waals surface area contributed by atoms with Crippen LogP contribution in [0, 0.1) is 17.3 Å². The maximum absolute atomic E-state index is 14.1. The standard InChI is InChI=1S/C40H68N2O11/c1-26(43)13-27(34(45)52-30-17-36(2,3)41(10)37(4,5)18-30)14-28(35(46)53-31-19-38(6,7)42(11)39(8,9)20-31)15-29(44)16-32-48-22-40(23-49-32)24-50-33(21-47-12)51-25-40/h27-28,30-33H,13-25H2,1-12H3. The number of hydrogen-bond acceptors (Lipinski definition) is 13. The molecule has 1 spiro atoms. The Morgan fingerprint density at radius 3 is 1.40 bits per heavy atom. The van der Waals surface area contributed by atoms with Gasteiger partial charge in [0, 0.05) is 67.8 Å². The molecule has 53 heavy (non-hydrogen) atoms. The number of rotatable bonds is 14. The minimum absolute atomic E-state index is 0.0470. The van der Waals surface area contributed by atoms with Gasteiger partial charge in [-0.15, -0.1) is 0 Å². The van der Waals surface area contributed by atoms with Gasteiger partial charge in [-0.2, -0.15) is 0 Å². The number of nitrogens with zero attached hydrogens (tertiary/aromatic N) is 2. The quantitative estimate of drug-likeness (QED) is 0.227. The molecule has 4 heterocycles. The zero-order chi connectivity index (χ0) is 39.6. The molecule has 4 fully saturated rings. The maximum Gasteiger partial charge on any atom is 0.309 e. The van der Waals surface area contributed by atoms with E-state index >= 15 is 0 Å². The summed E-state index contributed by atoms with van der Waals surface area (Å²) in [5.41, 5.74) is -1.39. The average Bonchev–Trinajstić information content (AvgIpc) is 3.03. The molecule has 0 aromatic rings. The molecule has 0 saturated carbocycles. The molecule has 0 radical (unpaired) electrons. The Hall–Kier alpha value is -2.00. The third kappa shape index (κ3) is 11.3. The van der Waals surface area contributed by atoms with Gasteiger partial charge in [-0.1, -0.05) is 0 Å². The minimum atomic E-state index is -0.969. The largest absolute Gasteiger partial charge is 0.462 e. The van der Waals surface area contributed by atoms with E-state index in [2.05, 4.69) is 79.3 Å². The normalized spacial score (nSPS) is 30.3. The molecule has 0 N–H and O–H groups in total. The van der Waals surface area contributed by atoms with Crippen LogP contribution in [0.25, 0.3) is 0 Å². The van der Waals surface area contributed by atoms with E-state index in [1.54, 1.807) is 7.11 Å². The topological polar surface area (TPSA) is 139 Å². The van der Waals surface area contributed by atoms with Crippen LogP contribution < -0.4 is 0 Å². The van der Waals surface area contributed by atoms with Crippen LogP contribution in [0.3, 0.4) is 0 Å². The first-order chi connectivity index (χ1) is 24.5. The summed E-state index contributed by atoms with van der Waals surface area (Å²) in [7, 11) is 5.74. The number of methoxy groups -OCH3 is 1. The first-order valence-corrected chi connectivity index (χ1v) is 19.3. The highest BCUT2D eigenvalue weighted by Gasteiger charge is 2.48. The lowest BCUT2D eigenvalue weighted by Gasteiger charge is -2.53. The van der Waals surface area contributed by atoms with Crippen LogP contribution in [-0.2, 0) is 52.3 Å². The van der Waals surface area contributed by atoms with Gasteiger partial charge in [0.15, 0.2) is 12.6 Å². The lowest BCUT2D eigenvalue weighted by Crippen LogP contribution is -2.60. The van der Waals surface area contributed by atoms with Crippen LogP contribution in [-0.4, -0.2) is 134 Å². The van der Waals surface area contributed by atoms with Crippen molar-refractivity contribution in [1.82, 2.24) is 9.80 Å². The van der Waals surface area contributed by atoms with Gasteiger partial charge in [0.1, 0.15) is 23.8 Å². The molecule has 0 bridgehead atoms. The first kappa shape index (κ1) is 43.7. The highest BCUT2D eigenvalue weighted by molar-refractivity contribution is 5.86. The second-order valence-corrected chi connectivity index (χ2v) is 18.8.